The summed E-state index contributed by atoms with van der Waals surface area (Å²) in [5.74, 6) is 0.755. The van der Waals surface area contributed by atoms with Crippen LogP contribution in [0.4, 0.5) is 5.82 Å². The number of aromatic nitrogens is 1. The molecular formula is C14H19N3O3S. The van der Waals surface area contributed by atoms with Crippen molar-refractivity contribution in [3.05, 3.63) is 24.4 Å². The molecule has 0 unspecified atom stereocenters. The lowest BCUT2D eigenvalue weighted by molar-refractivity contribution is -0.135. The third kappa shape index (κ3) is 3.18. The number of hydrogen-bond donors (Lipinski definition) is 0. The number of carbonyl (C=O) groups excluding carboxylic acids is 1. The molecule has 1 aromatic heterocycles. The van der Waals surface area contributed by atoms with Gasteiger partial charge in [0, 0.05) is 32.4 Å². The van der Waals surface area contributed by atoms with Gasteiger partial charge in [-0.15, -0.1) is 0 Å². The molecule has 0 spiro atoms. The molecule has 0 radical (unpaired) electrons. The summed E-state index contributed by atoms with van der Waals surface area (Å²) in [7, 11) is -3.00. The molecular weight excluding hydrogens is 290 g/mol. The molecule has 0 bridgehead atoms. The van der Waals surface area contributed by atoms with Crippen LogP contribution in [0.5, 0.6) is 0 Å². The Morgan fingerprint density at radius 3 is 2.52 bits per heavy atom. The second-order valence-corrected chi connectivity index (χ2v) is 7.83. The van der Waals surface area contributed by atoms with Crippen LogP contribution in [0.3, 0.4) is 0 Å². The molecule has 21 heavy (non-hydrogen) atoms. The van der Waals surface area contributed by atoms with Gasteiger partial charge in [-0.1, -0.05) is 6.07 Å². The van der Waals surface area contributed by atoms with Gasteiger partial charge in [-0.05, 0) is 18.6 Å². The maximum Gasteiger partial charge on any atom is 0.226 e. The summed E-state index contributed by atoms with van der Waals surface area (Å²) in [6, 6.07) is 5.79. The van der Waals surface area contributed by atoms with Gasteiger partial charge in [-0.25, -0.2) is 13.4 Å². The highest BCUT2D eigenvalue weighted by molar-refractivity contribution is 7.91. The Kier molecular flexibility index (Phi) is 3.84. The van der Waals surface area contributed by atoms with Crippen LogP contribution in [0.15, 0.2) is 24.4 Å². The number of sulfone groups is 1. The molecule has 3 rings (SSSR count). The van der Waals surface area contributed by atoms with Crippen molar-refractivity contribution < 1.29 is 13.2 Å². The van der Waals surface area contributed by atoms with E-state index in [-0.39, 0.29) is 23.3 Å². The molecule has 0 N–H and O–H groups in total. The SMILES string of the molecule is O=C([C@H]1CCS(=O)(=O)C1)N1CCN(c2ccccn2)CC1. The topological polar surface area (TPSA) is 70.6 Å². The average Bonchev–Trinajstić information content (AvgIpc) is 2.88. The number of hydrogen-bond acceptors (Lipinski definition) is 5. The molecule has 2 saturated heterocycles. The van der Waals surface area contributed by atoms with Crippen LogP contribution in [-0.2, 0) is 14.6 Å². The van der Waals surface area contributed by atoms with Gasteiger partial charge < -0.3 is 9.80 Å². The lowest BCUT2D eigenvalue weighted by Crippen LogP contribution is -2.50. The minimum absolute atomic E-state index is 0.00301. The molecule has 1 amide bonds. The Balaban J connectivity index is 1.57. The van der Waals surface area contributed by atoms with E-state index in [2.05, 4.69) is 9.88 Å². The van der Waals surface area contributed by atoms with E-state index in [1.807, 2.05) is 18.2 Å². The minimum atomic E-state index is -3.00. The van der Waals surface area contributed by atoms with Gasteiger partial charge in [0.25, 0.3) is 0 Å². The number of amides is 1. The van der Waals surface area contributed by atoms with Crippen molar-refractivity contribution in [1.82, 2.24) is 9.88 Å². The van der Waals surface area contributed by atoms with Crippen LogP contribution in [0.1, 0.15) is 6.42 Å². The molecule has 1 atom stereocenters. The quantitative estimate of drug-likeness (QED) is 0.778. The summed E-state index contributed by atoms with van der Waals surface area (Å²) in [5, 5.41) is 0. The van der Waals surface area contributed by atoms with Crippen molar-refractivity contribution in [3.63, 3.8) is 0 Å². The van der Waals surface area contributed by atoms with E-state index in [0.717, 1.165) is 18.9 Å². The Morgan fingerprint density at radius 1 is 1.19 bits per heavy atom. The standard InChI is InChI=1S/C14H19N3O3S/c18-14(12-4-10-21(19,20)11-12)17-8-6-16(7-9-17)13-3-1-2-5-15-13/h1-3,5,12H,4,6-11H2/t12-/m0/s1. The maximum atomic E-state index is 12.4. The highest BCUT2D eigenvalue weighted by Crippen LogP contribution is 2.22. The third-order valence-electron chi connectivity index (χ3n) is 4.15. The lowest BCUT2D eigenvalue weighted by atomic mass is 10.1. The van der Waals surface area contributed by atoms with Crippen LogP contribution in [-0.4, -0.2) is 61.9 Å². The molecule has 7 heteroatoms. The fraction of sp³-hybridized carbons (Fsp3) is 0.571. The van der Waals surface area contributed by atoms with Crippen molar-refractivity contribution in [2.75, 3.05) is 42.6 Å². The third-order valence-corrected chi connectivity index (χ3v) is 5.91. The van der Waals surface area contributed by atoms with E-state index in [9.17, 15) is 13.2 Å². The van der Waals surface area contributed by atoms with Gasteiger partial charge >= 0.3 is 0 Å². The Labute approximate surface area is 124 Å². The van der Waals surface area contributed by atoms with Gasteiger partial charge in [0.05, 0.1) is 17.4 Å². The molecule has 2 fully saturated rings. The summed E-state index contributed by atoms with van der Waals surface area (Å²) in [6.07, 6.45) is 2.23. The zero-order valence-corrected chi connectivity index (χ0v) is 12.6. The van der Waals surface area contributed by atoms with Gasteiger partial charge in [-0.2, -0.15) is 0 Å². The molecule has 0 aliphatic carbocycles. The van der Waals surface area contributed by atoms with Crippen molar-refractivity contribution in [2.45, 2.75) is 6.42 Å². The smallest absolute Gasteiger partial charge is 0.226 e. The fourth-order valence-electron chi connectivity index (χ4n) is 2.94. The number of piperazine rings is 1. The van der Waals surface area contributed by atoms with Gasteiger partial charge in [0.2, 0.25) is 5.91 Å². The van der Waals surface area contributed by atoms with Gasteiger partial charge in [-0.3, -0.25) is 4.79 Å². The van der Waals surface area contributed by atoms with E-state index >= 15 is 0 Å². The molecule has 2 aliphatic heterocycles. The first kappa shape index (κ1) is 14.3. The van der Waals surface area contributed by atoms with Crippen LogP contribution in [0, 0.1) is 5.92 Å². The van der Waals surface area contributed by atoms with Crippen molar-refractivity contribution >= 4 is 21.6 Å². The number of rotatable bonds is 2. The zero-order valence-electron chi connectivity index (χ0n) is 11.8. The first-order valence-corrected chi connectivity index (χ1v) is 9.02. The second-order valence-electron chi connectivity index (χ2n) is 5.60. The largest absolute Gasteiger partial charge is 0.353 e. The van der Waals surface area contributed by atoms with Crippen molar-refractivity contribution in [3.8, 4) is 0 Å². The summed E-state index contributed by atoms with van der Waals surface area (Å²) in [6.45, 7) is 2.74. The van der Waals surface area contributed by atoms with E-state index in [1.165, 1.54) is 0 Å². The number of anilines is 1. The predicted octanol–water partition coefficient (Wildman–Crippen LogP) is 0.165. The maximum absolute atomic E-state index is 12.4. The summed E-state index contributed by atoms with van der Waals surface area (Å²) in [5.41, 5.74) is 0. The fourth-order valence-corrected chi connectivity index (χ4v) is 4.68. The Morgan fingerprint density at radius 2 is 1.95 bits per heavy atom. The van der Waals surface area contributed by atoms with Crippen LogP contribution in [0.2, 0.25) is 0 Å². The average molecular weight is 309 g/mol. The number of nitrogens with zero attached hydrogens (tertiary/aromatic N) is 3. The molecule has 6 nitrogen and oxygen atoms in total. The monoisotopic (exact) mass is 309 g/mol. The lowest BCUT2D eigenvalue weighted by Gasteiger charge is -2.36. The Hall–Kier alpha value is -1.63. The number of pyridine rings is 1. The Bertz CT molecular complexity index is 610. The first-order chi connectivity index (χ1) is 10.1. The van der Waals surface area contributed by atoms with Crippen molar-refractivity contribution in [2.24, 2.45) is 5.92 Å². The van der Waals surface area contributed by atoms with E-state index in [1.54, 1.807) is 11.1 Å². The molecule has 1 aromatic rings. The van der Waals surface area contributed by atoms with Gasteiger partial charge in [0.1, 0.15) is 5.82 Å². The molecule has 0 saturated carbocycles. The van der Waals surface area contributed by atoms with E-state index in [0.29, 0.717) is 19.5 Å². The number of carbonyl (C=O) groups is 1. The minimum Gasteiger partial charge on any atom is -0.353 e. The van der Waals surface area contributed by atoms with Gasteiger partial charge in [0.15, 0.2) is 9.84 Å². The molecule has 2 aliphatic rings. The van der Waals surface area contributed by atoms with E-state index in [4.69, 9.17) is 0 Å². The molecule has 0 aromatic carbocycles. The predicted molar refractivity (Wildman–Crippen MR) is 79.8 cm³/mol. The molecule has 3 heterocycles. The van der Waals surface area contributed by atoms with Crippen LogP contribution >= 0.6 is 0 Å². The summed E-state index contributed by atoms with van der Waals surface area (Å²) in [4.78, 5) is 20.6. The normalized spacial score (nSPS) is 25.0. The summed E-state index contributed by atoms with van der Waals surface area (Å²) < 4.78 is 23.0. The first-order valence-electron chi connectivity index (χ1n) is 7.20. The zero-order chi connectivity index (χ0) is 14.9. The summed E-state index contributed by atoms with van der Waals surface area (Å²) >= 11 is 0. The van der Waals surface area contributed by atoms with Crippen LogP contribution < -0.4 is 4.90 Å². The molecule has 114 valence electrons. The van der Waals surface area contributed by atoms with Crippen molar-refractivity contribution in [1.29, 1.82) is 0 Å². The highest BCUT2D eigenvalue weighted by Gasteiger charge is 2.36. The second kappa shape index (κ2) is 5.63. The highest BCUT2D eigenvalue weighted by atomic mass is 32.2. The van der Waals surface area contributed by atoms with Crippen LogP contribution in [0.25, 0.3) is 0 Å². The van der Waals surface area contributed by atoms with E-state index < -0.39 is 9.84 Å².